The Morgan fingerprint density at radius 2 is 1.65 bits per heavy atom. The average molecular weight is 441 g/mol. The quantitative estimate of drug-likeness (QED) is 0.602. The molecule has 1 aliphatic rings. The zero-order chi connectivity index (χ0) is 22.0. The van der Waals surface area contributed by atoms with Crippen molar-refractivity contribution in [2.45, 2.75) is 24.3 Å². The van der Waals surface area contributed by atoms with Crippen LogP contribution in [0.1, 0.15) is 18.4 Å². The van der Waals surface area contributed by atoms with E-state index in [0.717, 1.165) is 10.8 Å². The van der Waals surface area contributed by atoms with Gasteiger partial charge in [-0.15, -0.1) is 0 Å². The van der Waals surface area contributed by atoms with Crippen LogP contribution in [0, 0.1) is 11.7 Å². The lowest BCUT2D eigenvalue weighted by Crippen LogP contribution is -2.43. The highest BCUT2D eigenvalue weighted by molar-refractivity contribution is 7.89. The number of hydrogen-bond acceptors (Lipinski definition) is 3. The summed E-state index contributed by atoms with van der Waals surface area (Å²) in [5.74, 6) is -0.677. The van der Waals surface area contributed by atoms with Gasteiger partial charge in [0.2, 0.25) is 15.9 Å². The van der Waals surface area contributed by atoms with Crippen molar-refractivity contribution in [3.8, 4) is 0 Å². The van der Waals surface area contributed by atoms with Crippen molar-refractivity contribution in [2.24, 2.45) is 5.92 Å². The fourth-order valence-electron chi connectivity index (χ4n) is 4.09. The minimum atomic E-state index is -3.62. The first kappa shape index (κ1) is 21.5. The van der Waals surface area contributed by atoms with Crippen molar-refractivity contribution in [3.05, 3.63) is 78.1 Å². The van der Waals surface area contributed by atoms with Gasteiger partial charge in [-0.25, -0.2) is 12.8 Å². The van der Waals surface area contributed by atoms with E-state index in [0.29, 0.717) is 31.5 Å². The number of rotatable bonds is 5. The number of amides is 1. The molecule has 7 heteroatoms. The normalized spacial score (nSPS) is 15.8. The largest absolute Gasteiger partial charge is 0.341 e. The van der Waals surface area contributed by atoms with Gasteiger partial charge in [0.1, 0.15) is 5.82 Å². The summed E-state index contributed by atoms with van der Waals surface area (Å²) in [4.78, 5) is 14.6. The van der Waals surface area contributed by atoms with Gasteiger partial charge in [0.15, 0.2) is 0 Å². The molecule has 5 nitrogen and oxygen atoms in total. The van der Waals surface area contributed by atoms with Gasteiger partial charge in [-0.3, -0.25) is 4.79 Å². The maximum Gasteiger partial charge on any atom is 0.243 e. The summed E-state index contributed by atoms with van der Waals surface area (Å²) in [6.45, 7) is 0.777. The van der Waals surface area contributed by atoms with Crippen LogP contribution in [0.25, 0.3) is 10.8 Å². The van der Waals surface area contributed by atoms with E-state index in [1.165, 1.54) is 15.3 Å². The predicted octanol–water partition coefficient (Wildman–Crippen LogP) is 4.04. The van der Waals surface area contributed by atoms with E-state index in [4.69, 9.17) is 0 Å². The van der Waals surface area contributed by atoms with Crippen LogP contribution in [0.5, 0.6) is 0 Å². The van der Waals surface area contributed by atoms with Gasteiger partial charge in [0.05, 0.1) is 4.90 Å². The van der Waals surface area contributed by atoms with Crippen molar-refractivity contribution >= 4 is 26.7 Å². The number of piperidine rings is 1. The molecular formula is C24H25FN2O3S. The van der Waals surface area contributed by atoms with E-state index in [1.807, 2.05) is 30.3 Å². The van der Waals surface area contributed by atoms with Gasteiger partial charge < -0.3 is 4.90 Å². The highest BCUT2D eigenvalue weighted by Gasteiger charge is 2.33. The topological polar surface area (TPSA) is 57.7 Å². The van der Waals surface area contributed by atoms with Crippen molar-refractivity contribution in [2.75, 3.05) is 20.1 Å². The van der Waals surface area contributed by atoms with Gasteiger partial charge in [-0.1, -0.05) is 48.5 Å². The standard InChI is InChI=1S/C24H25FN2O3S/c1-26(17-21-8-4-5-9-23(21)25)24(28)19-12-14-27(15-13-19)31(29,30)22-11-10-18-6-2-3-7-20(18)16-22/h2-11,16,19H,12-15,17H2,1H3. The Kier molecular flexibility index (Phi) is 6.07. The molecule has 4 rings (SSSR count). The first-order chi connectivity index (χ1) is 14.9. The van der Waals surface area contributed by atoms with Crippen LogP contribution in [0.15, 0.2) is 71.6 Å². The summed E-state index contributed by atoms with van der Waals surface area (Å²) in [5.41, 5.74) is 0.467. The van der Waals surface area contributed by atoms with Crippen LogP contribution in [0.2, 0.25) is 0 Å². The van der Waals surface area contributed by atoms with E-state index >= 15 is 0 Å². The third-order valence-corrected chi connectivity index (χ3v) is 7.80. The molecule has 3 aromatic rings. The van der Waals surface area contributed by atoms with Gasteiger partial charge in [-0.05, 0) is 41.8 Å². The number of halogens is 1. The molecule has 1 amide bonds. The van der Waals surface area contributed by atoms with Gasteiger partial charge >= 0.3 is 0 Å². The number of hydrogen-bond donors (Lipinski definition) is 0. The molecule has 3 aromatic carbocycles. The molecule has 0 unspecified atom stereocenters. The van der Waals surface area contributed by atoms with Crippen LogP contribution in [0.4, 0.5) is 4.39 Å². The Bertz CT molecular complexity index is 1200. The van der Waals surface area contributed by atoms with Crippen molar-refractivity contribution in [1.29, 1.82) is 0 Å². The number of carbonyl (C=O) groups is 1. The molecule has 162 valence electrons. The van der Waals surface area contributed by atoms with Gasteiger partial charge in [0.25, 0.3) is 0 Å². The molecule has 0 radical (unpaired) electrons. The summed E-state index contributed by atoms with van der Waals surface area (Å²) in [5, 5.41) is 1.87. The van der Waals surface area contributed by atoms with E-state index < -0.39 is 10.0 Å². The third kappa shape index (κ3) is 4.48. The van der Waals surface area contributed by atoms with Crippen LogP contribution in [-0.2, 0) is 21.4 Å². The molecule has 0 spiro atoms. The second-order valence-electron chi connectivity index (χ2n) is 7.97. The number of fused-ring (bicyclic) bond motifs is 1. The molecule has 0 atom stereocenters. The Labute approximate surface area is 182 Å². The van der Waals surface area contributed by atoms with Crippen LogP contribution < -0.4 is 0 Å². The smallest absolute Gasteiger partial charge is 0.243 e. The van der Waals surface area contributed by atoms with Gasteiger partial charge in [0, 0.05) is 38.2 Å². The molecule has 1 heterocycles. The summed E-state index contributed by atoms with van der Waals surface area (Å²) in [6.07, 6.45) is 0.903. The lowest BCUT2D eigenvalue weighted by molar-refractivity contribution is -0.136. The monoisotopic (exact) mass is 440 g/mol. The molecule has 31 heavy (non-hydrogen) atoms. The maximum absolute atomic E-state index is 13.9. The fourth-order valence-corrected chi connectivity index (χ4v) is 5.60. The molecule has 0 aliphatic carbocycles. The number of sulfonamides is 1. The Morgan fingerprint density at radius 3 is 2.35 bits per heavy atom. The number of nitrogens with zero attached hydrogens (tertiary/aromatic N) is 2. The zero-order valence-corrected chi connectivity index (χ0v) is 18.2. The summed E-state index contributed by atoms with van der Waals surface area (Å²) < 4.78 is 41.6. The van der Waals surface area contributed by atoms with Crippen LogP contribution >= 0.6 is 0 Å². The SMILES string of the molecule is CN(Cc1ccccc1F)C(=O)C1CCN(S(=O)(=O)c2ccc3ccccc3c2)CC1. The van der Waals surface area contributed by atoms with Crippen LogP contribution in [0.3, 0.4) is 0 Å². The zero-order valence-electron chi connectivity index (χ0n) is 17.4. The summed E-state index contributed by atoms with van der Waals surface area (Å²) >= 11 is 0. The predicted molar refractivity (Wildman–Crippen MR) is 118 cm³/mol. The molecule has 0 aromatic heterocycles. The lowest BCUT2D eigenvalue weighted by Gasteiger charge is -2.32. The first-order valence-electron chi connectivity index (χ1n) is 10.3. The molecule has 1 fully saturated rings. The van der Waals surface area contributed by atoms with E-state index in [1.54, 1.807) is 37.4 Å². The minimum Gasteiger partial charge on any atom is -0.341 e. The maximum atomic E-state index is 13.9. The summed E-state index contributed by atoms with van der Waals surface area (Å²) in [6, 6.07) is 19.2. The fraction of sp³-hybridized carbons (Fsp3) is 0.292. The second kappa shape index (κ2) is 8.77. The number of benzene rings is 3. The molecule has 0 saturated carbocycles. The highest BCUT2D eigenvalue weighted by atomic mass is 32.2. The number of carbonyl (C=O) groups excluding carboxylic acids is 1. The molecule has 1 saturated heterocycles. The molecule has 0 N–H and O–H groups in total. The Morgan fingerprint density at radius 1 is 1.00 bits per heavy atom. The van der Waals surface area contributed by atoms with Crippen molar-refractivity contribution < 1.29 is 17.6 Å². The molecule has 0 bridgehead atoms. The second-order valence-corrected chi connectivity index (χ2v) is 9.91. The Hall–Kier alpha value is -2.77. The average Bonchev–Trinajstić information content (AvgIpc) is 2.79. The van der Waals surface area contributed by atoms with Gasteiger partial charge in [-0.2, -0.15) is 4.31 Å². The minimum absolute atomic E-state index is 0.0778. The first-order valence-corrected chi connectivity index (χ1v) is 11.8. The van der Waals surface area contributed by atoms with E-state index in [2.05, 4.69) is 0 Å². The highest BCUT2D eigenvalue weighted by Crippen LogP contribution is 2.27. The van der Waals surface area contributed by atoms with Crippen LogP contribution in [-0.4, -0.2) is 43.7 Å². The van der Waals surface area contributed by atoms with E-state index in [-0.39, 0.29) is 29.1 Å². The molecular weight excluding hydrogens is 415 g/mol. The van der Waals surface area contributed by atoms with E-state index in [9.17, 15) is 17.6 Å². The Balaban J connectivity index is 1.41. The van der Waals surface area contributed by atoms with Crippen molar-refractivity contribution in [3.63, 3.8) is 0 Å². The van der Waals surface area contributed by atoms with Crippen molar-refractivity contribution in [1.82, 2.24) is 9.21 Å². The third-order valence-electron chi connectivity index (χ3n) is 5.90. The lowest BCUT2D eigenvalue weighted by atomic mass is 9.96. The summed E-state index contributed by atoms with van der Waals surface area (Å²) in [7, 11) is -1.96. The molecule has 1 aliphatic heterocycles.